The standard InChI is InChI=1S/C26H20ClN3O5.Na/c27-21-4-2-1-3-19(21)15-34-25(33)28-23-22(29-35-30-23)18-7-5-16(6-8-18)17-9-11-20(12-10-17)26(13-14-26)24(31)32;/h1-12H,13-15H2,(H,31,32)(H,28,30,33);/q;+1/p-1. The molecule has 0 aliphatic heterocycles. The summed E-state index contributed by atoms with van der Waals surface area (Å²) in [5.74, 6) is -0.892. The summed E-state index contributed by atoms with van der Waals surface area (Å²) in [5.41, 5.74) is 3.52. The number of carbonyl (C=O) groups is 2. The van der Waals surface area contributed by atoms with Crippen molar-refractivity contribution in [2.75, 3.05) is 5.32 Å². The number of anilines is 1. The van der Waals surface area contributed by atoms with E-state index in [1.807, 2.05) is 48.5 Å². The van der Waals surface area contributed by atoms with E-state index in [0.717, 1.165) is 16.7 Å². The summed E-state index contributed by atoms with van der Waals surface area (Å²) in [6.45, 7) is 0.00367. The average Bonchev–Trinajstić information content (AvgIpc) is 3.57. The molecule has 0 bridgehead atoms. The molecule has 3 aromatic carbocycles. The van der Waals surface area contributed by atoms with Gasteiger partial charge in [-0.1, -0.05) is 78.3 Å². The predicted octanol–water partition coefficient (Wildman–Crippen LogP) is 1.59. The number of benzene rings is 3. The minimum absolute atomic E-state index is 0. The molecule has 0 atom stereocenters. The molecule has 0 unspecified atom stereocenters. The summed E-state index contributed by atoms with van der Waals surface area (Å²) in [5, 5.41) is 22.1. The molecular formula is C26H19ClN3NaO5. The van der Waals surface area contributed by atoms with Crippen LogP contribution in [-0.2, 0) is 21.6 Å². The van der Waals surface area contributed by atoms with Crippen molar-refractivity contribution >= 4 is 29.5 Å². The maximum atomic E-state index is 12.2. The number of carboxylic acids is 1. The number of ether oxygens (including phenoxy) is 1. The Morgan fingerprint density at radius 2 is 1.56 bits per heavy atom. The molecule has 0 spiro atoms. The van der Waals surface area contributed by atoms with Gasteiger partial charge in [0.15, 0.2) is 5.69 Å². The molecule has 8 nitrogen and oxygen atoms in total. The zero-order valence-corrected chi connectivity index (χ0v) is 22.1. The summed E-state index contributed by atoms with van der Waals surface area (Å²) in [7, 11) is 0. The molecule has 36 heavy (non-hydrogen) atoms. The van der Waals surface area contributed by atoms with E-state index in [4.69, 9.17) is 21.0 Å². The molecule has 1 N–H and O–H groups in total. The first kappa shape index (κ1) is 25.9. The van der Waals surface area contributed by atoms with Crippen molar-refractivity contribution in [1.29, 1.82) is 0 Å². The van der Waals surface area contributed by atoms with Gasteiger partial charge >= 0.3 is 35.7 Å². The minimum Gasteiger partial charge on any atom is -0.549 e. The number of hydrogen-bond donors (Lipinski definition) is 1. The fraction of sp³-hybridized carbons (Fsp3) is 0.154. The van der Waals surface area contributed by atoms with E-state index in [1.165, 1.54) is 0 Å². The van der Waals surface area contributed by atoms with E-state index in [2.05, 4.69) is 15.6 Å². The number of amides is 1. The molecule has 176 valence electrons. The van der Waals surface area contributed by atoms with Gasteiger partial charge in [-0.15, -0.1) is 0 Å². The zero-order valence-electron chi connectivity index (χ0n) is 19.4. The number of hydrogen-bond acceptors (Lipinski definition) is 7. The van der Waals surface area contributed by atoms with Gasteiger partial charge in [0.2, 0.25) is 5.82 Å². The second-order valence-electron chi connectivity index (χ2n) is 8.28. The molecular weight excluding hydrogens is 493 g/mol. The van der Waals surface area contributed by atoms with Crippen LogP contribution in [0.1, 0.15) is 24.0 Å². The zero-order chi connectivity index (χ0) is 24.4. The Balaban J connectivity index is 0.00000304. The number of aliphatic carboxylic acids is 1. The number of rotatable bonds is 7. The number of nitrogens with one attached hydrogen (secondary N) is 1. The Bertz CT molecular complexity index is 1390. The van der Waals surface area contributed by atoms with Crippen molar-refractivity contribution in [3.8, 4) is 22.4 Å². The molecule has 1 amide bonds. The third kappa shape index (κ3) is 5.32. The van der Waals surface area contributed by atoms with E-state index in [0.29, 0.717) is 34.7 Å². The van der Waals surface area contributed by atoms with Crippen LogP contribution in [0.3, 0.4) is 0 Å². The SMILES string of the molecule is O=C(Nc1nonc1-c1ccc(-c2ccc(C3(C(=O)[O-])CC3)cc2)cc1)OCc1ccccc1Cl.[Na+]. The molecule has 5 rings (SSSR count). The first-order chi connectivity index (χ1) is 17.0. The molecule has 1 aliphatic rings. The van der Waals surface area contributed by atoms with Gasteiger partial charge in [-0.25, -0.2) is 9.42 Å². The summed E-state index contributed by atoms with van der Waals surface area (Å²) < 4.78 is 10.0. The van der Waals surface area contributed by atoms with Crippen LogP contribution in [-0.4, -0.2) is 22.4 Å². The normalized spacial score (nSPS) is 13.4. The van der Waals surface area contributed by atoms with Crippen LogP contribution in [0.5, 0.6) is 0 Å². The van der Waals surface area contributed by atoms with Gasteiger partial charge in [-0.05, 0) is 45.9 Å². The fourth-order valence-electron chi connectivity index (χ4n) is 3.89. The van der Waals surface area contributed by atoms with E-state index in [9.17, 15) is 14.7 Å². The van der Waals surface area contributed by atoms with E-state index in [-0.39, 0.29) is 42.0 Å². The largest absolute Gasteiger partial charge is 1.00 e. The van der Waals surface area contributed by atoms with Gasteiger partial charge in [0, 0.05) is 21.6 Å². The Morgan fingerprint density at radius 1 is 0.944 bits per heavy atom. The number of carboxylic acid groups (broad SMARTS) is 1. The van der Waals surface area contributed by atoms with Gasteiger partial charge in [-0.2, -0.15) is 0 Å². The molecule has 0 saturated heterocycles. The Kier molecular flexibility index (Phi) is 7.80. The van der Waals surface area contributed by atoms with Crippen LogP contribution in [0.15, 0.2) is 77.4 Å². The predicted molar refractivity (Wildman–Crippen MR) is 126 cm³/mol. The number of nitrogens with zero attached hydrogens (tertiary/aromatic N) is 2. The van der Waals surface area contributed by atoms with Crippen LogP contribution in [0.4, 0.5) is 10.6 Å². The van der Waals surface area contributed by atoms with Crippen molar-refractivity contribution in [2.45, 2.75) is 24.9 Å². The van der Waals surface area contributed by atoms with Crippen LogP contribution >= 0.6 is 11.6 Å². The summed E-state index contributed by atoms with van der Waals surface area (Å²) in [4.78, 5) is 23.7. The van der Waals surface area contributed by atoms with Crippen LogP contribution < -0.4 is 40.0 Å². The summed E-state index contributed by atoms with van der Waals surface area (Å²) in [6.07, 6.45) is 0.501. The van der Waals surface area contributed by atoms with E-state index >= 15 is 0 Å². The number of halogens is 1. The van der Waals surface area contributed by atoms with E-state index < -0.39 is 17.5 Å². The summed E-state index contributed by atoms with van der Waals surface area (Å²) >= 11 is 6.08. The van der Waals surface area contributed by atoms with Crippen LogP contribution in [0, 0.1) is 0 Å². The maximum absolute atomic E-state index is 12.2. The Hall–Kier alpha value is -3.17. The van der Waals surface area contributed by atoms with Crippen molar-refractivity contribution in [2.24, 2.45) is 0 Å². The third-order valence-electron chi connectivity index (χ3n) is 6.10. The molecule has 0 radical (unpaired) electrons. The Morgan fingerprint density at radius 3 is 2.17 bits per heavy atom. The average molecular weight is 512 g/mol. The maximum Gasteiger partial charge on any atom is 1.00 e. The topological polar surface area (TPSA) is 117 Å². The monoisotopic (exact) mass is 511 g/mol. The van der Waals surface area contributed by atoms with E-state index in [1.54, 1.807) is 24.3 Å². The molecule has 1 saturated carbocycles. The number of carbonyl (C=O) groups excluding carboxylic acids is 2. The third-order valence-corrected chi connectivity index (χ3v) is 6.46. The van der Waals surface area contributed by atoms with Gasteiger partial charge in [0.05, 0.1) is 5.97 Å². The van der Waals surface area contributed by atoms with Crippen molar-refractivity contribution < 1.29 is 53.6 Å². The minimum atomic E-state index is -1.02. The fourth-order valence-corrected chi connectivity index (χ4v) is 4.08. The first-order valence-corrected chi connectivity index (χ1v) is 11.3. The second-order valence-corrected chi connectivity index (χ2v) is 8.69. The quantitative estimate of drug-likeness (QED) is 0.374. The first-order valence-electron chi connectivity index (χ1n) is 10.9. The van der Waals surface area contributed by atoms with Gasteiger partial charge in [0.25, 0.3) is 0 Å². The smallest absolute Gasteiger partial charge is 0.549 e. The van der Waals surface area contributed by atoms with Gasteiger partial charge in [0.1, 0.15) is 6.61 Å². The Labute approximate surface area is 233 Å². The molecule has 1 fully saturated rings. The van der Waals surface area contributed by atoms with Crippen molar-refractivity contribution in [1.82, 2.24) is 10.3 Å². The molecule has 1 aromatic heterocycles. The van der Waals surface area contributed by atoms with Crippen LogP contribution in [0.25, 0.3) is 22.4 Å². The molecule has 1 aliphatic carbocycles. The van der Waals surface area contributed by atoms with Crippen LogP contribution in [0.2, 0.25) is 5.02 Å². The van der Waals surface area contributed by atoms with Crippen molar-refractivity contribution in [3.05, 3.63) is 88.9 Å². The number of aromatic nitrogens is 2. The van der Waals surface area contributed by atoms with Gasteiger partial charge in [-0.3, -0.25) is 5.32 Å². The second kappa shape index (κ2) is 10.8. The van der Waals surface area contributed by atoms with Crippen molar-refractivity contribution in [3.63, 3.8) is 0 Å². The van der Waals surface area contributed by atoms with Gasteiger partial charge < -0.3 is 14.6 Å². The molecule has 10 heteroatoms. The molecule has 1 heterocycles. The molecule has 4 aromatic rings. The summed E-state index contributed by atoms with van der Waals surface area (Å²) in [6, 6.07) is 22.0.